The molecule has 1 amide bonds. The zero-order chi connectivity index (χ0) is 15.4. The predicted octanol–water partition coefficient (Wildman–Crippen LogP) is 2.39. The molecule has 1 aliphatic heterocycles. The number of hydrogen-bond acceptors (Lipinski definition) is 3. The molecule has 0 aliphatic carbocycles. The zero-order valence-corrected chi connectivity index (χ0v) is 14.3. The van der Waals surface area contributed by atoms with Crippen molar-refractivity contribution in [1.82, 2.24) is 9.80 Å². The molecule has 0 saturated carbocycles. The van der Waals surface area contributed by atoms with Crippen LogP contribution in [0, 0.1) is 0 Å². The fourth-order valence-electron chi connectivity index (χ4n) is 3.00. The Kier molecular flexibility index (Phi) is 5.79. The van der Waals surface area contributed by atoms with Crippen LogP contribution in [-0.2, 0) is 4.79 Å². The Hall–Kier alpha value is -0.910. The van der Waals surface area contributed by atoms with Gasteiger partial charge in [-0.2, -0.15) is 0 Å². The van der Waals surface area contributed by atoms with E-state index in [1.165, 1.54) is 0 Å². The van der Waals surface area contributed by atoms with Crippen molar-refractivity contribution in [2.24, 2.45) is 5.73 Å². The van der Waals surface area contributed by atoms with Gasteiger partial charge in [0.15, 0.2) is 0 Å². The van der Waals surface area contributed by atoms with E-state index in [1.54, 1.807) is 0 Å². The lowest BCUT2D eigenvalue weighted by Gasteiger charge is -2.32. The summed E-state index contributed by atoms with van der Waals surface area (Å²) in [6.07, 6.45) is 2.25. The Bertz CT molecular complexity index is 469. The lowest BCUT2D eigenvalue weighted by atomic mass is 9.99. The van der Waals surface area contributed by atoms with E-state index in [0.717, 1.165) is 36.0 Å². The van der Waals surface area contributed by atoms with Crippen molar-refractivity contribution in [2.75, 3.05) is 26.7 Å². The number of halogens is 1. The zero-order valence-electron chi connectivity index (χ0n) is 12.8. The van der Waals surface area contributed by atoms with E-state index < -0.39 is 0 Å². The van der Waals surface area contributed by atoms with Gasteiger partial charge < -0.3 is 10.6 Å². The number of benzene rings is 1. The highest BCUT2D eigenvalue weighted by Gasteiger charge is 2.25. The summed E-state index contributed by atoms with van der Waals surface area (Å²) in [6, 6.07) is 8.16. The van der Waals surface area contributed by atoms with Crippen molar-refractivity contribution in [2.45, 2.75) is 31.8 Å². The lowest BCUT2D eigenvalue weighted by Crippen LogP contribution is -2.43. The minimum Gasteiger partial charge on any atom is -0.342 e. The third-order valence-corrected chi connectivity index (χ3v) is 4.56. The number of carbonyl (C=O) groups excluding carboxylic acids is 1. The van der Waals surface area contributed by atoms with Gasteiger partial charge in [0, 0.05) is 29.6 Å². The SMILES string of the molecule is CC(N)C(c1ccc(Br)cc1)N(C)CC(=O)N1CCCC1. The topological polar surface area (TPSA) is 49.6 Å². The molecular weight excluding hydrogens is 330 g/mol. The maximum atomic E-state index is 12.3. The van der Waals surface area contributed by atoms with Crippen LogP contribution in [-0.4, -0.2) is 48.4 Å². The first-order chi connectivity index (χ1) is 9.99. The van der Waals surface area contributed by atoms with E-state index in [-0.39, 0.29) is 18.0 Å². The number of hydrogen-bond donors (Lipinski definition) is 1. The molecule has 0 bridgehead atoms. The smallest absolute Gasteiger partial charge is 0.236 e. The van der Waals surface area contributed by atoms with Crippen molar-refractivity contribution in [3.05, 3.63) is 34.3 Å². The molecule has 116 valence electrons. The van der Waals surface area contributed by atoms with Crippen LogP contribution >= 0.6 is 15.9 Å². The summed E-state index contributed by atoms with van der Waals surface area (Å²) in [7, 11) is 1.98. The van der Waals surface area contributed by atoms with Gasteiger partial charge >= 0.3 is 0 Å². The minimum absolute atomic E-state index is 0.0393. The number of carbonyl (C=O) groups is 1. The molecule has 2 N–H and O–H groups in total. The molecule has 1 fully saturated rings. The van der Waals surface area contributed by atoms with E-state index in [1.807, 2.05) is 31.0 Å². The van der Waals surface area contributed by atoms with Crippen LogP contribution in [0.4, 0.5) is 0 Å². The average Bonchev–Trinajstić information content (AvgIpc) is 2.95. The van der Waals surface area contributed by atoms with Gasteiger partial charge in [-0.1, -0.05) is 28.1 Å². The monoisotopic (exact) mass is 353 g/mol. The molecule has 1 aromatic carbocycles. The second-order valence-electron chi connectivity index (χ2n) is 5.86. The van der Waals surface area contributed by atoms with Gasteiger partial charge in [-0.25, -0.2) is 0 Å². The highest BCUT2D eigenvalue weighted by Crippen LogP contribution is 2.24. The number of amides is 1. The maximum Gasteiger partial charge on any atom is 0.236 e. The van der Waals surface area contributed by atoms with E-state index >= 15 is 0 Å². The third kappa shape index (κ3) is 4.28. The Balaban J connectivity index is 2.06. The standard InChI is InChI=1S/C16H24BrN3O/c1-12(18)16(13-5-7-14(17)8-6-13)19(2)11-15(21)20-9-3-4-10-20/h5-8,12,16H,3-4,9-11,18H2,1-2H3. The molecule has 0 radical (unpaired) electrons. The maximum absolute atomic E-state index is 12.3. The van der Waals surface area contributed by atoms with Crippen LogP contribution in [0.1, 0.15) is 31.4 Å². The summed E-state index contributed by atoms with van der Waals surface area (Å²) in [5.41, 5.74) is 7.30. The first kappa shape index (κ1) is 16.5. The number of rotatable bonds is 5. The first-order valence-electron chi connectivity index (χ1n) is 7.48. The number of nitrogens with two attached hydrogens (primary N) is 1. The van der Waals surface area contributed by atoms with Gasteiger partial charge in [-0.05, 0) is 44.5 Å². The Morgan fingerprint density at radius 2 is 1.90 bits per heavy atom. The van der Waals surface area contributed by atoms with Crippen LogP contribution in [0.15, 0.2) is 28.7 Å². The van der Waals surface area contributed by atoms with Crippen LogP contribution in [0.3, 0.4) is 0 Å². The minimum atomic E-state index is -0.0393. The largest absolute Gasteiger partial charge is 0.342 e. The van der Waals surface area contributed by atoms with Crippen molar-refractivity contribution in [1.29, 1.82) is 0 Å². The predicted molar refractivity (Wildman–Crippen MR) is 89.0 cm³/mol. The first-order valence-corrected chi connectivity index (χ1v) is 8.27. The molecule has 1 aromatic rings. The number of likely N-dealkylation sites (N-methyl/N-ethyl adjacent to an activating group) is 1. The van der Waals surface area contributed by atoms with Crippen molar-refractivity contribution in [3.63, 3.8) is 0 Å². The fraction of sp³-hybridized carbons (Fsp3) is 0.562. The second kappa shape index (κ2) is 7.38. The summed E-state index contributed by atoms with van der Waals surface area (Å²) >= 11 is 3.45. The molecule has 0 aromatic heterocycles. The summed E-state index contributed by atoms with van der Waals surface area (Å²) in [4.78, 5) is 16.3. The van der Waals surface area contributed by atoms with Gasteiger partial charge in [-0.15, -0.1) is 0 Å². The van der Waals surface area contributed by atoms with Crippen LogP contribution in [0.25, 0.3) is 0 Å². The van der Waals surface area contributed by atoms with E-state index in [2.05, 4.69) is 33.0 Å². The molecule has 1 heterocycles. The van der Waals surface area contributed by atoms with E-state index in [9.17, 15) is 4.79 Å². The molecule has 2 atom stereocenters. The number of nitrogens with zero attached hydrogens (tertiary/aromatic N) is 2. The van der Waals surface area contributed by atoms with E-state index in [4.69, 9.17) is 5.73 Å². The van der Waals surface area contributed by atoms with Crippen molar-refractivity contribution in [3.8, 4) is 0 Å². The Morgan fingerprint density at radius 3 is 2.43 bits per heavy atom. The fourth-order valence-corrected chi connectivity index (χ4v) is 3.26. The van der Waals surface area contributed by atoms with Crippen LogP contribution < -0.4 is 5.73 Å². The van der Waals surface area contributed by atoms with Crippen LogP contribution in [0.2, 0.25) is 0 Å². The normalized spacial score (nSPS) is 18.0. The van der Waals surface area contributed by atoms with Crippen molar-refractivity contribution >= 4 is 21.8 Å². The van der Waals surface area contributed by atoms with Crippen LogP contribution in [0.5, 0.6) is 0 Å². The average molecular weight is 354 g/mol. The summed E-state index contributed by atoms with van der Waals surface area (Å²) in [5.74, 6) is 0.206. The Labute approximate surface area is 135 Å². The summed E-state index contributed by atoms with van der Waals surface area (Å²) in [6.45, 7) is 4.20. The molecule has 5 heteroatoms. The Morgan fingerprint density at radius 1 is 1.33 bits per heavy atom. The van der Waals surface area contributed by atoms with Gasteiger partial charge in [0.05, 0.1) is 6.54 Å². The highest BCUT2D eigenvalue weighted by molar-refractivity contribution is 9.10. The third-order valence-electron chi connectivity index (χ3n) is 4.03. The molecule has 21 heavy (non-hydrogen) atoms. The molecule has 2 rings (SSSR count). The highest BCUT2D eigenvalue weighted by atomic mass is 79.9. The molecule has 2 unspecified atom stereocenters. The number of likely N-dealkylation sites (tertiary alicyclic amines) is 1. The van der Waals surface area contributed by atoms with Gasteiger partial charge in [0.25, 0.3) is 0 Å². The second-order valence-corrected chi connectivity index (χ2v) is 6.77. The molecule has 4 nitrogen and oxygen atoms in total. The molecule has 0 spiro atoms. The van der Waals surface area contributed by atoms with Gasteiger partial charge in [-0.3, -0.25) is 9.69 Å². The molecule has 1 saturated heterocycles. The van der Waals surface area contributed by atoms with Gasteiger partial charge in [0.2, 0.25) is 5.91 Å². The molecular formula is C16H24BrN3O. The summed E-state index contributed by atoms with van der Waals surface area (Å²) in [5, 5.41) is 0. The quantitative estimate of drug-likeness (QED) is 0.883. The van der Waals surface area contributed by atoms with Gasteiger partial charge in [0.1, 0.15) is 0 Å². The summed E-state index contributed by atoms with van der Waals surface area (Å²) < 4.78 is 1.05. The lowest BCUT2D eigenvalue weighted by molar-refractivity contribution is -0.131. The van der Waals surface area contributed by atoms with Crippen molar-refractivity contribution < 1.29 is 4.79 Å². The molecule has 1 aliphatic rings. The van der Waals surface area contributed by atoms with E-state index in [0.29, 0.717) is 6.54 Å².